The van der Waals surface area contributed by atoms with Crippen LogP contribution in [0.25, 0.3) is 0 Å². The Hall–Kier alpha value is -1.58. The van der Waals surface area contributed by atoms with E-state index in [9.17, 15) is 9.59 Å². The van der Waals surface area contributed by atoms with Gasteiger partial charge in [0.15, 0.2) is 0 Å². The topological polar surface area (TPSA) is 66.4 Å². The zero-order chi connectivity index (χ0) is 11.7. The van der Waals surface area contributed by atoms with Crippen LogP contribution in [0.2, 0.25) is 0 Å². The highest BCUT2D eigenvalue weighted by atomic mass is 16.4. The zero-order valence-electron chi connectivity index (χ0n) is 8.93. The van der Waals surface area contributed by atoms with Gasteiger partial charge in [0, 0.05) is 6.54 Å². The average molecular weight is 221 g/mol. The van der Waals surface area contributed by atoms with Crippen molar-refractivity contribution in [3.8, 4) is 0 Å². The molecule has 1 saturated carbocycles. The third-order valence-corrected chi connectivity index (χ3v) is 3.47. The summed E-state index contributed by atoms with van der Waals surface area (Å²) in [6.45, 7) is 3.91. The van der Waals surface area contributed by atoms with Crippen LogP contribution in [0, 0.1) is 23.7 Å². The van der Waals surface area contributed by atoms with Gasteiger partial charge >= 0.3 is 5.97 Å². The molecule has 0 saturated heterocycles. The van der Waals surface area contributed by atoms with Gasteiger partial charge in [0.1, 0.15) is 0 Å². The third-order valence-electron chi connectivity index (χ3n) is 3.47. The van der Waals surface area contributed by atoms with Crippen LogP contribution in [0.4, 0.5) is 0 Å². The van der Waals surface area contributed by atoms with E-state index in [1.165, 1.54) is 0 Å². The molecule has 1 fully saturated rings. The quantitative estimate of drug-likeness (QED) is 0.690. The molecule has 1 amide bonds. The first kappa shape index (κ1) is 10.9. The number of nitrogens with one attached hydrogen (secondary N) is 1. The number of hydrogen-bond donors (Lipinski definition) is 2. The van der Waals surface area contributed by atoms with E-state index in [1.807, 2.05) is 12.2 Å². The summed E-state index contributed by atoms with van der Waals surface area (Å²) in [4.78, 5) is 23.0. The minimum Gasteiger partial charge on any atom is -0.481 e. The van der Waals surface area contributed by atoms with E-state index in [2.05, 4.69) is 11.9 Å². The van der Waals surface area contributed by atoms with Gasteiger partial charge in [0.2, 0.25) is 5.91 Å². The lowest BCUT2D eigenvalue weighted by Crippen LogP contribution is -2.40. The van der Waals surface area contributed by atoms with E-state index in [-0.39, 0.29) is 17.7 Å². The van der Waals surface area contributed by atoms with Gasteiger partial charge in [0.05, 0.1) is 11.8 Å². The van der Waals surface area contributed by atoms with Gasteiger partial charge in [-0.25, -0.2) is 0 Å². The molecule has 0 radical (unpaired) electrons. The van der Waals surface area contributed by atoms with Crippen LogP contribution in [-0.2, 0) is 9.59 Å². The molecule has 2 aliphatic rings. The van der Waals surface area contributed by atoms with Gasteiger partial charge in [-0.3, -0.25) is 9.59 Å². The molecule has 2 N–H and O–H groups in total. The molecule has 16 heavy (non-hydrogen) atoms. The summed E-state index contributed by atoms with van der Waals surface area (Å²) < 4.78 is 0. The Morgan fingerprint density at radius 3 is 2.56 bits per heavy atom. The van der Waals surface area contributed by atoms with E-state index in [1.54, 1.807) is 6.08 Å². The second-order valence-electron chi connectivity index (χ2n) is 4.37. The van der Waals surface area contributed by atoms with Crippen molar-refractivity contribution in [3.63, 3.8) is 0 Å². The molecule has 86 valence electrons. The fraction of sp³-hybridized carbons (Fsp3) is 0.500. The molecule has 0 heterocycles. The van der Waals surface area contributed by atoms with Crippen molar-refractivity contribution in [1.29, 1.82) is 0 Å². The standard InChI is InChI=1S/C12H15NO3/c1-2-5-13-11(14)9-7-3-4-8(6-7)10(9)12(15)16/h2-4,7-10H,1,5-6H2,(H,13,14)(H,15,16). The van der Waals surface area contributed by atoms with Crippen molar-refractivity contribution in [3.05, 3.63) is 24.8 Å². The van der Waals surface area contributed by atoms with Crippen molar-refractivity contribution in [2.75, 3.05) is 6.54 Å². The zero-order valence-corrected chi connectivity index (χ0v) is 8.93. The van der Waals surface area contributed by atoms with Crippen LogP contribution in [0.15, 0.2) is 24.8 Å². The molecular weight excluding hydrogens is 206 g/mol. The maximum atomic E-state index is 11.9. The van der Waals surface area contributed by atoms with E-state index in [4.69, 9.17) is 5.11 Å². The molecule has 2 bridgehead atoms. The van der Waals surface area contributed by atoms with Crippen molar-refractivity contribution in [1.82, 2.24) is 5.32 Å². The number of rotatable bonds is 4. The van der Waals surface area contributed by atoms with Crippen LogP contribution >= 0.6 is 0 Å². The minimum absolute atomic E-state index is 0.0296. The van der Waals surface area contributed by atoms with Gasteiger partial charge in [0.25, 0.3) is 0 Å². The number of aliphatic carboxylic acids is 1. The molecule has 0 aromatic rings. The first-order valence-electron chi connectivity index (χ1n) is 5.45. The lowest BCUT2D eigenvalue weighted by atomic mass is 9.82. The Kier molecular flexibility index (Phi) is 2.81. The van der Waals surface area contributed by atoms with Gasteiger partial charge < -0.3 is 10.4 Å². The summed E-state index contributed by atoms with van der Waals surface area (Å²) in [5.74, 6) is -1.87. The smallest absolute Gasteiger partial charge is 0.307 e. The second-order valence-corrected chi connectivity index (χ2v) is 4.37. The first-order chi connectivity index (χ1) is 7.65. The summed E-state index contributed by atoms with van der Waals surface area (Å²) in [6.07, 6.45) is 6.29. The number of allylic oxidation sites excluding steroid dienone is 2. The molecule has 2 rings (SSSR count). The second kappa shape index (κ2) is 4.12. The Morgan fingerprint density at radius 2 is 2.00 bits per heavy atom. The van der Waals surface area contributed by atoms with E-state index in [0.29, 0.717) is 6.54 Å². The highest BCUT2D eigenvalue weighted by Crippen LogP contribution is 2.48. The average Bonchev–Trinajstić information content (AvgIpc) is 2.84. The number of hydrogen-bond acceptors (Lipinski definition) is 2. The van der Waals surface area contributed by atoms with Crippen LogP contribution in [0.3, 0.4) is 0 Å². The van der Waals surface area contributed by atoms with Crippen molar-refractivity contribution in [2.45, 2.75) is 6.42 Å². The number of fused-ring (bicyclic) bond motifs is 2. The Balaban J connectivity index is 2.13. The lowest BCUT2D eigenvalue weighted by Gasteiger charge is -2.23. The number of carboxylic acid groups (broad SMARTS) is 1. The Labute approximate surface area is 94.0 Å². The van der Waals surface area contributed by atoms with Crippen LogP contribution in [0.1, 0.15) is 6.42 Å². The summed E-state index contributed by atoms with van der Waals surface area (Å²) in [6, 6.07) is 0. The Morgan fingerprint density at radius 1 is 1.38 bits per heavy atom. The van der Waals surface area contributed by atoms with Gasteiger partial charge in [-0.15, -0.1) is 6.58 Å². The number of carboxylic acids is 1. The molecule has 0 aromatic heterocycles. The van der Waals surface area contributed by atoms with Crippen molar-refractivity contribution >= 4 is 11.9 Å². The molecule has 0 aromatic carbocycles. The fourth-order valence-corrected chi connectivity index (χ4v) is 2.81. The number of amides is 1. The summed E-state index contributed by atoms with van der Waals surface area (Å²) in [7, 11) is 0. The number of carbonyl (C=O) groups excluding carboxylic acids is 1. The summed E-state index contributed by atoms with van der Waals surface area (Å²) in [5, 5.41) is 11.8. The molecule has 2 aliphatic carbocycles. The highest BCUT2D eigenvalue weighted by molar-refractivity contribution is 5.86. The van der Waals surface area contributed by atoms with Crippen molar-refractivity contribution in [2.24, 2.45) is 23.7 Å². The van der Waals surface area contributed by atoms with E-state index >= 15 is 0 Å². The minimum atomic E-state index is -0.865. The molecule has 4 nitrogen and oxygen atoms in total. The summed E-state index contributed by atoms with van der Waals surface area (Å²) in [5.41, 5.74) is 0. The fourth-order valence-electron chi connectivity index (χ4n) is 2.81. The molecule has 0 aliphatic heterocycles. The Bertz CT molecular complexity index is 361. The van der Waals surface area contributed by atoms with E-state index < -0.39 is 17.8 Å². The molecule has 4 atom stereocenters. The van der Waals surface area contributed by atoms with Crippen LogP contribution in [0.5, 0.6) is 0 Å². The molecule has 4 heteroatoms. The molecule has 4 unspecified atom stereocenters. The SMILES string of the molecule is C=CCNC(=O)C1C2C=CC(C2)C1C(=O)O. The summed E-state index contributed by atoms with van der Waals surface area (Å²) >= 11 is 0. The van der Waals surface area contributed by atoms with Gasteiger partial charge in [-0.1, -0.05) is 18.2 Å². The maximum absolute atomic E-state index is 11.9. The maximum Gasteiger partial charge on any atom is 0.307 e. The van der Waals surface area contributed by atoms with Crippen LogP contribution < -0.4 is 5.32 Å². The predicted molar refractivity (Wildman–Crippen MR) is 58.6 cm³/mol. The lowest BCUT2D eigenvalue weighted by molar-refractivity contribution is -0.147. The van der Waals surface area contributed by atoms with Gasteiger partial charge in [-0.2, -0.15) is 0 Å². The predicted octanol–water partition coefficient (Wildman–Crippen LogP) is 0.811. The monoisotopic (exact) mass is 221 g/mol. The first-order valence-corrected chi connectivity index (χ1v) is 5.45. The van der Waals surface area contributed by atoms with Crippen molar-refractivity contribution < 1.29 is 14.7 Å². The highest BCUT2D eigenvalue weighted by Gasteiger charge is 2.51. The molecular formula is C12H15NO3. The van der Waals surface area contributed by atoms with Crippen LogP contribution in [-0.4, -0.2) is 23.5 Å². The van der Waals surface area contributed by atoms with Gasteiger partial charge in [-0.05, 0) is 18.3 Å². The van der Waals surface area contributed by atoms with E-state index in [0.717, 1.165) is 6.42 Å². The number of carbonyl (C=O) groups is 2. The normalized spacial score (nSPS) is 35.0. The molecule has 0 spiro atoms. The largest absolute Gasteiger partial charge is 0.481 e. The third kappa shape index (κ3) is 1.64.